The van der Waals surface area contributed by atoms with E-state index in [2.05, 4.69) is 20.5 Å². The van der Waals surface area contributed by atoms with E-state index in [1.807, 2.05) is 0 Å². The Morgan fingerprint density at radius 3 is 2.79 bits per heavy atom. The van der Waals surface area contributed by atoms with Crippen LogP contribution in [0.5, 0.6) is 0 Å². The molecule has 0 bridgehead atoms. The average molecular weight is 265 g/mol. The van der Waals surface area contributed by atoms with Crippen LogP contribution in [-0.2, 0) is 0 Å². The predicted molar refractivity (Wildman–Crippen MR) is 74.6 cm³/mol. The summed E-state index contributed by atoms with van der Waals surface area (Å²) in [6.07, 6.45) is 2.49. The van der Waals surface area contributed by atoms with E-state index in [9.17, 15) is 10.1 Å². The lowest BCUT2D eigenvalue weighted by Crippen LogP contribution is -2.26. The van der Waals surface area contributed by atoms with Crippen molar-refractivity contribution in [3.05, 3.63) is 22.2 Å². The highest BCUT2D eigenvalue weighted by atomic mass is 16.6. The van der Waals surface area contributed by atoms with Crippen LogP contribution in [-0.4, -0.2) is 48.0 Å². The number of anilines is 2. The Hall–Kier alpha value is -1.89. The van der Waals surface area contributed by atoms with Gasteiger partial charge in [0.2, 0.25) is 5.82 Å². The maximum Gasteiger partial charge on any atom is 0.311 e. The highest BCUT2D eigenvalue weighted by Crippen LogP contribution is 2.23. The maximum absolute atomic E-state index is 10.9. The predicted octanol–water partition coefficient (Wildman–Crippen LogP) is 1.54. The Morgan fingerprint density at radius 2 is 2.16 bits per heavy atom. The normalized spacial score (nSPS) is 15.4. The standard InChI is InChI=1S/C12H19N5O2/c1-13-11-5-4-10(17(18)19)12(15-11)14-6-9-16-7-2-3-8-16/h4-5H,2-3,6-9H2,1H3,(H2,13,14,15). The van der Waals surface area contributed by atoms with Crippen molar-refractivity contribution in [2.45, 2.75) is 12.8 Å². The largest absolute Gasteiger partial charge is 0.373 e. The lowest BCUT2D eigenvalue weighted by molar-refractivity contribution is -0.384. The van der Waals surface area contributed by atoms with E-state index in [0.717, 1.165) is 19.6 Å². The Balaban J connectivity index is 1.98. The van der Waals surface area contributed by atoms with Gasteiger partial charge in [-0.05, 0) is 32.0 Å². The first-order valence-corrected chi connectivity index (χ1v) is 6.50. The molecule has 0 radical (unpaired) electrons. The molecule has 104 valence electrons. The van der Waals surface area contributed by atoms with Crippen molar-refractivity contribution in [3.8, 4) is 0 Å². The summed E-state index contributed by atoms with van der Waals surface area (Å²) in [5.74, 6) is 0.949. The Morgan fingerprint density at radius 1 is 1.42 bits per heavy atom. The molecule has 7 nitrogen and oxygen atoms in total. The third-order valence-corrected chi connectivity index (χ3v) is 3.25. The molecular weight excluding hydrogens is 246 g/mol. The summed E-state index contributed by atoms with van der Waals surface area (Å²) in [6.45, 7) is 3.80. The average Bonchev–Trinajstić information content (AvgIpc) is 2.91. The van der Waals surface area contributed by atoms with Gasteiger partial charge < -0.3 is 15.5 Å². The first-order valence-electron chi connectivity index (χ1n) is 6.50. The van der Waals surface area contributed by atoms with Gasteiger partial charge in [-0.3, -0.25) is 10.1 Å². The summed E-state index contributed by atoms with van der Waals surface area (Å²) in [7, 11) is 1.74. The monoisotopic (exact) mass is 265 g/mol. The van der Waals surface area contributed by atoms with Gasteiger partial charge in [-0.15, -0.1) is 0 Å². The number of hydrogen-bond donors (Lipinski definition) is 2. The van der Waals surface area contributed by atoms with Crippen molar-refractivity contribution in [2.24, 2.45) is 0 Å². The third-order valence-electron chi connectivity index (χ3n) is 3.25. The molecular formula is C12H19N5O2. The maximum atomic E-state index is 10.9. The molecule has 0 atom stereocenters. The van der Waals surface area contributed by atoms with E-state index in [-0.39, 0.29) is 5.69 Å². The second-order valence-electron chi connectivity index (χ2n) is 4.55. The van der Waals surface area contributed by atoms with E-state index in [1.54, 1.807) is 13.1 Å². The van der Waals surface area contributed by atoms with Crippen LogP contribution in [0.25, 0.3) is 0 Å². The van der Waals surface area contributed by atoms with Gasteiger partial charge in [0.25, 0.3) is 0 Å². The van der Waals surface area contributed by atoms with Gasteiger partial charge in [0.15, 0.2) is 0 Å². The molecule has 1 aliphatic heterocycles. The van der Waals surface area contributed by atoms with E-state index in [1.165, 1.54) is 18.9 Å². The van der Waals surface area contributed by atoms with Crippen LogP contribution in [0.4, 0.5) is 17.3 Å². The van der Waals surface area contributed by atoms with Gasteiger partial charge >= 0.3 is 5.69 Å². The zero-order valence-electron chi connectivity index (χ0n) is 11.1. The molecule has 1 aromatic rings. The number of rotatable bonds is 6. The van der Waals surface area contributed by atoms with E-state index in [0.29, 0.717) is 18.2 Å². The van der Waals surface area contributed by atoms with Gasteiger partial charge in [-0.25, -0.2) is 4.98 Å². The van der Waals surface area contributed by atoms with Crippen LogP contribution >= 0.6 is 0 Å². The minimum absolute atomic E-state index is 0.0143. The van der Waals surface area contributed by atoms with Crippen LogP contribution < -0.4 is 10.6 Å². The van der Waals surface area contributed by atoms with Gasteiger partial charge in [-0.1, -0.05) is 0 Å². The first-order chi connectivity index (χ1) is 9.20. The van der Waals surface area contributed by atoms with Crippen LogP contribution in [0.15, 0.2) is 12.1 Å². The molecule has 0 aromatic carbocycles. The zero-order chi connectivity index (χ0) is 13.7. The van der Waals surface area contributed by atoms with Crippen molar-refractivity contribution in [2.75, 3.05) is 43.9 Å². The molecule has 0 aliphatic carbocycles. The number of nitrogens with one attached hydrogen (secondary N) is 2. The first kappa shape index (κ1) is 13.5. The molecule has 0 saturated carbocycles. The molecule has 2 N–H and O–H groups in total. The summed E-state index contributed by atoms with van der Waals surface area (Å²) in [4.78, 5) is 17.1. The van der Waals surface area contributed by atoms with Crippen LogP contribution in [0.3, 0.4) is 0 Å². The second kappa shape index (κ2) is 6.33. The van der Waals surface area contributed by atoms with Gasteiger partial charge in [-0.2, -0.15) is 0 Å². The Labute approximate surface area is 112 Å². The fourth-order valence-corrected chi connectivity index (χ4v) is 2.21. The molecule has 0 amide bonds. The van der Waals surface area contributed by atoms with E-state index in [4.69, 9.17) is 0 Å². The van der Waals surface area contributed by atoms with Gasteiger partial charge in [0.05, 0.1) is 4.92 Å². The Bertz CT molecular complexity index is 446. The highest BCUT2D eigenvalue weighted by molar-refractivity contribution is 5.60. The molecule has 1 fully saturated rings. The van der Waals surface area contributed by atoms with E-state index < -0.39 is 4.92 Å². The number of hydrogen-bond acceptors (Lipinski definition) is 6. The number of aromatic nitrogens is 1. The summed E-state index contributed by atoms with van der Waals surface area (Å²) < 4.78 is 0. The fourth-order valence-electron chi connectivity index (χ4n) is 2.21. The molecule has 0 spiro atoms. The summed E-state index contributed by atoms with van der Waals surface area (Å²) >= 11 is 0. The molecule has 19 heavy (non-hydrogen) atoms. The lowest BCUT2D eigenvalue weighted by Gasteiger charge is -2.15. The van der Waals surface area contributed by atoms with Gasteiger partial charge in [0, 0.05) is 26.2 Å². The summed E-state index contributed by atoms with van der Waals surface area (Å²) in [6, 6.07) is 3.07. The molecule has 0 unspecified atom stereocenters. The van der Waals surface area contributed by atoms with Crippen molar-refractivity contribution >= 4 is 17.3 Å². The topological polar surface area (TPSA) is 83.3 Å². The second-order valence-corrected chi connectivity index (χ2v) is 4.55. The van der Waals surface area contributed by atoms with E-state index >= 15 is 0 Å². The quantitative estimate of drug-likeness (QED) is 0.599. The molecule has 2 heterocycles. The van der Waals surface area contributed by atoms with Crippen molar-refractivity contribution < 1.29 is 4.92 Å². The van der Waals surface area contributed by atoms with Crippen molar-refractivity contribution in [1.29, 1.82) is 0 Å². The minimum atomic E-state index is -0.412. The van der Waals surface area contributed by atoms with Crippen LogP contribution in [0, 0.1) is 10.1 Å². The van der Waals surface area contributed by atoms with Crippen molar-refractivity contribution in [1.82, 2.24) is 9.88 Å². The molecule has 1 saturated heterocycles. The summed E-state index contributed by atoms with van der Waals surface area (Å²) in [5, 5.41) is 16.9. The number of pyridine rings is 1. The van der Waals surface area contributed by atoms with Gasteiger partial charge in [0.1, 0.15) is 5.82 Å². The lowest BCUT2D eigenvalue weighted by atomic mass is 10.3. The van der Waals surface area contributed by atoms with Crippen LogP contribution in [0.1, 0.15) is 12.8 Å². The van der Waals surface area contributed by atoms with Crippen LogP contribution in [0.2, 0.25) is 0 Å². The molecule has 7 heteroatoms. The third kappa shape index (κ3) is 3.54. The number of nitro groups is 1. The fraction of sp³-hybridized carbons (Fsp3) is 0.583. The Kier molecular flexibility index (Phi) is 4.51. The molecule has 2 rings (SSSR count). The minimum Gasteiger partial charge on any atom is -0.373 e. The number of nitrogens with zero attached hydrogens (tertiary/aromatic N) is 3. The number of likely N-dealkylation sites (tertiary alicyclic amines) is 1. The highest BCUT2D eigenvalue weighted by Gasteiger charge is 2.16. The smallest absolute Gasteiger partial charge is 0.311 e. The molecule has 1 aliphatic rings. The zero-order valence-corrected chi connectivity index (χ0v) is 11.1. The molecule has 1 aromatic heterocycles. The summed E-state index contributed by atoms with van der Waals surface area (Å²) in [5.41, 5.74) is 0.0143. The SMILES string of the molecule is CNc1ccc([N+](=O)[O-])c(NCCN2CCCC2)n1. The van der Waals surface area contributed by atoms with Crippen molar-refractivity contribution in [3.63, 3.8) is 0 Å².